The zero-order valence-electron chi connectivity index (χ0n) is 15.6. The lowest BCUT2D eigenvalue weighted by Gasteiger charge is -2.04. The van der Waals surface area contributed by atoms with E-state index in [4.69, 9.17) is 10.5 Å². The van der Waals surface area contributed by atoms with Gasteiger partial charge in [-0.15, -0.1) is 0 Å². The molecule has 0 aliphatic heterocycles. The number of rotatable bonds is 4. The molecule has 0 spiro atoms. The molecular weight excluding hydrogens is 352 g/mol. The molecule has 6 heteroatoms. The Morgan fingerprint density at radius 3 is 2.07 bits per heavy atom. The topological polar surface area (TPSA) is 99.5 Å². The first-order valence-electron chi connectivity index (χ1n) is 8.46. The number of aromatic nitrogens is 2. The molecule has 2 aromatic carbocycles. The summed E-state index contributed by atoms with van der Waals surface area (Å²) in [6, 6.07) is 17.4. The first-order chi connectivity index (χ1) is 13.4. The van der Waals surface area contributed by atoms with Crippen LogP contribution >= 0.6 is 0 Å². The number of Topliss-reactive ketones (excluding diaryl/α,β-unsaturated/α-hetero) is 2. The smallest absolute Gasteiger partial charge is 0.182 e. The van der Waals surface area contributed by atoms with Gasteiger partial charge in [-0.3, -0.25) is 9.59 Å². The SMILES string of the molecule is CC(=O)c1cccc(C#N)c1.Cc1nccn1CC(=O)c1cccc(C#N)c1. The van der Waals surface area contributed by atoms with E-state index in [1.54, 1.807) is 65.5 Å². The van der Waals surface area contributed by atoms with Gasteiger partial charge in [-0.2, -0.15) is 10.5 Å². The largest absolute Gasteiger partial charge is 0.327 e. The van der Waals surface area contributed by atoms with Gasteiger partial charge in [0.2, 0.25) is 0 Å². The van der Waals surface area contributed by atoms with E-state index in [1.165, 1.54) is 6.92 Å². The molecular formula is C22H18N4O2. The number of hydrogen-bond acceptors (Lipinski definition) is 5. The number of ketones is 2. The van der Waals surface area contributed by atoms with Crippen LogP contribution in [0.25, 0.3) is 0 Å². The molecule has 0 radical (unpaired) electrons. The molecule has 0 aliphatic rings. The van der Waals surface area contributed by atoms with E-state index in [1.807, 2.05) is 19.1 Å². The molecule has 3 rings (SSSR count). The molecule has 28 heavy (non-hydrogen) atoms. The molecule has 0 bridgehead atoms. The molecule has 0 N–H and O–H groups in total. The fourth-order valence-electron chi connectivity index (χ4n) is 2.39. The van der Waals surface area contributed by atoms with E-state index in [9.17, 15) is 9.59 Å². The Balaban J connectivity index is 0.000000221. The van der Waals surface area contributed by atoms with E-state index < -0.39 is 0 Å². The predicted molar refractivity (Wildman–Crippen MR) is 104 cm³/mol. The summed E-state index contributed by atoms with van der Waals surface area (Å²) in [5.41, 5.74) is 2.16. The Kier molecular flexibility index (Phi) is 6.96. The molecule has 6 nitrogen and oxygen atoms in total. The highest BCUT2D eigenvalue weighted by Crippen LogP contribution is 2.07. The summed E-state index contributed by atoms with van der Waals surface area (Å²) < 4.78 is 1.78. The third kappa shape index (κ3) is 5.48. The van der Waals surface area contributed by atoms with Crippen LogP contribution in [0.5, 0.6) is 0 Å². The van der Waals surface area contributed by atoms with Gasteiger partial charge in [0.15, 0.2) is 11.6 Å². The van der Waals surface area contributed by atoms with Crippen molar-refractivity contribution in [3.8, 4) is 12.1 Å². The van der Waals surface area contributed by atoms with E-state index >= 15 is 0 Å². The van der Waals surface area contributed by atoms with Crippen LogP contribution in [0.3, 0.4) is 0 Å². The highest BCUT2D eigenvalue weighted by Gasteiger charge is 2.08. The summed E-state index contributed by atoms with van der Waals surface area (Å²) in [5.74, 6) is 0.764. The second-order valence-corrected chi connectivity index (χ2v) is 5.97. The molecule has 0 aliphatic carbocycles. The lowest BCUT2D eigenvalue weighted by Crippen LogP contribution is -2.11. The van der Waals surface area contributed by atoms with Gasteiger partial charge < -0.3 is 4.57 Å². The maximum atomic E-state index is 12.0. The van der Waals surface area contributed by atoms with E-state index in [0.717, 1.165) is 5.82 Å². The van der Waals surface area contributed by atoms with Crippen molar-refractivity contribution < 1.29 is 9.59 Å². The Bertz CT molecular complexity index is 1080. The Morgan fingerprint density at radius 2 is 1.57 bits per heavy atom. The number of carbonyl (C=O) groups excluding carboxylic acids is 2. The average Bonchev–Trinajstić information content (AvgIpc) is 3.13. The molecule has 1 heterocycles. The van der Waals surface area contributed by atoms with Crippen LogP contribution in [0.4, 0.5) is 0 Å². The van der Waals surface area contributed by atoms with Gasteiger partial charge in [0, 0.05) is 23.5 Å². The number of hydrogen-bond donors (Lipinski definition) is 0. The normalized spacial score (nSPS) is 9.43. The second-order valence-electron chi connectivity index (χ2n) is 5.97. The van der Waals surface area contributed by atoms with Crippen LogP contribution in [0, 0.1) is 29.6 Å². The number of imidazole rings is 1. The van der Waals surface area contributed by atoms with Crippen molar-refractivity contribution in [1.82, 2.24) is 9.55 Å². The molecule has 1 aromatic heterocycles. The Labute approximate surface area is 163 Å². The van der Waals surface area contributed by atoms with Gasteiger partial charge in [0.1, 0.15) is 5.82 Å². The van der Waals surface area contributed by atoms with Gasteiger partial charge in [-0.05, 0) is 38.1 Å². The number of nitriles is 2. The summed E-state index contributed by atoms with van der Waals surface area (Å²) in [6.07, 6.45) is 3.43. The first-order valence-corrected chi connectivity index (χ1v) is 8.46. The minimum atomic E-state index is -0.0248. The number of nitrogens with zero attached hydrogens (tertiary/aromatic N) is 4. The molecule has 0 unspecified atom stereocenters. The van der Waals surface area contributed by atoms with Crippen LogP contribution in [-0.2, 0) is 6.54 Å². The lowest BCUT2D eigenvalue weighted by atomic mass is 10.1. The standard InChI is InChI=1S/C13H11N3O.C9H7NO/c1-10-15-5-6-16(10)9-13(17)12-4-2-3-11(7-12)8-14;1-7(11)9-4-2-3-8(5-9)6-10/h2-7H,9H2,1H3;2-5H,1H3. The monoisotopic (exact) mass is 370 g/mol. The van der Waals surface area contributed by atoms with E-state index in [-0.39, 0.29) is 18.1 Å². The van der Waals surface area contributed by atoms with Crippen molar-refractivity contribution in [2.24, 2.45) is 0 Å². The molecule has 0 saturated heterocycles. The molecule has 3 aromatic rings. The fraction of sp³-hybridized carbons (Fsp3) is 0.136. The summed E-state index contributed by atoms with van der Waals surface area (Å²) in [7, 11) is 0. The third-order valence-electron chi connectivity index (χ3n) is 3.95. The van der Waals surface area contributed by atoms with Crippen molar-refractivity contribution in [3.05, 3.63) is 89.0 Å². The molecule has 0 atom stereocenters. The van der Waals surface area contributed by atoms with Crippen LogP contribution in [0.1, 0.15) is 44.6 Å². The quantitative estimate of drug-likeness (QED) is 0.652. The van der Waals surface area contributed by atoms with Crippen LogP contribution in [0.15, 0.2) is 60.9 Å². The van der Waals surface area contributed by atoms with Crippen LogP contribution in [-0.4, -0.2) is 21.1 Å². The second kappa shape index (κ2) is 9.61. The van der Waals surface area contributed by atoms with E-state index in [2.05, 4.69) is 4.98 Å². The summed E-state index contributed by atoms with van der Waals surface area (Å²) in [5, 5.41) is 17.3. The highest BCUT2D eigenvalue weighted by molar-refractivity contribution is 5.96. The van der Waals surface area contributed by atoms with Crippen LogP contribution < -0.4 is 0 Å². The third-order valence-corrected chi connectivity index (χ3v) is 3.95. The Hall–Kier alpha value is -4.03. The van der Waals surface area contributed by atoms with Gasteiger partial charge in [-0.1, -0.05) is 24.3 Å². The highest BCUT2D eigenvalue weighted by atomic mass is 16.1. The van der Waals surface area contributed by atoms with Crippen molar-refractivity contribution in [3.63, 3.8) is 0 Å². The predicted octanol–water partition coefficient (Wildman–Crippen LogP) is 3.71. The molecule has 0 fully saturated rings. The summed E-state index contributed by atoms with van der Waals surface area (Å²) in [4.78, 5) is 26.8. The molecule has 138 valence electrons. The molecule has 0 amide bonds. The number of benzene rings is 2. The summed E-state index contributed by atoms with van der Waals surface area (Å²) >= 11 is 0. The lowest BCUT2D eigenvalue weighted by molar-refractivity contribution is 0.0969. The van der Waals surface area contributed by atoms with Crippen molar-refractivity contribution in [2.75, 3.05) is 0 Å². The maximum Gasteiger partial charge on any atom is 0.182 e. The van der Waals surface area contributed by atoms with Gasteiger partial charge in [0.25, 0.3) is 0 Å². The number of carbonyl (C=O) groups is 2. The molecule has 0 saturated carbocycles. The summed E-state index contributed by atoms with van der Waals surface area (Å²) in [6.45, 7) is 3.58. The zero-order valence-corrected chi connectivity index (χ0v) is 15.6. The first kappa shape index (κ1) is 20.3. The van der Waals surface area contributed by atoms with Crippen molar-refractivity contribution in [2.45, 2.75) is 20.4 Å². The zero-order chi connectivity index (χ0) is 20.5. The average molecular weight is 370 g/mol. The van der Waals surface area contributed by atoms with Gasteiger partial charge in [0.05, 0.1) is 29.8 Å². The fourth-order valence-corrected chi connectivity index (χ4v) is 2.39. The van der Waals surface area contributed by atoms with E-state index in [0.29, 0.717) is 22.3 Å². The van der Waals surface area contributed by atoms with Gasteiger partial charge in [-0.25, -0.2) is 4.98 Å². The van der Waals surface area contributed by atoms with Crippen molar-refractivity contribution in [1.29, 1.82) is 10.5 Å². The maximum absolute atomic E-state index is 12.0. The minimum absolute atomic E-state index is 0.0119. The van der Waals surface area contributed by atoms with Crippen LogP contribution in [0.2, 0.25) is 0 Å². The Morgan fingerprint density at radius 1 is 1.00 bits per heavy atom. The number of aryl methyl sites for hydroxylation is 1. The van der Waals surface area contributed by atoms with Crippen molar-refractivity contribution >= 4 is 11.6 Å². The minimum Gasteiger partial charge on any atom is -0.327 e. The van der Waals surface area contributed by atoms with Gasteiger partial charge >= 0.3 is 0 Å².